The third kappa shape index (κ3) is 6.19. The molecule has 0 atom stereocenters. The molecule has 2 aromatic rings. The van der Waals surface area contributed by atoms with Crippen LogP contribution in [0.3, 0.4) is 0 Å². The molecule has 150 valence electrons. The molecule has 0 spiro atoms. The molecule has 0 heterocycles. The summed E-state index contributed by atoms with van der Waals surface area (Å²) in [5.41, 5.74) is -0.420. The Morgan fingerprint density at radius 3 is 2.50 bits per heavy atom. The number of carboxylic acid groups (broad SMARTS) is 1. The van der Waals surface area contributed by atoms with Crippen LogP contribution in [0.5, 0.6) is 5.75 Å². The summed E-state index contributed by atoms with van der Waals surface area (Å²) in [6.07, 6.45) is -4.48. The first-order valence-electron chi connectivity index (χ1n) is 8.42. The third-order valence-electron chi connectivity index (χ3n) is 3.67. The predicted molar refractivity (Wildman–Crippen MR) is 97.7 cm³/mol. The highest BCUT2D eigenvalue weighted by Gasteiger charge is 2.34. The van der Waals surface area contributed by atoms with E-state index in [1.807, 2.05) is 0 Å². The number of carboxylic acids is 1. The molecule has 0 aliphatic rings. The molecule has 0 bridgehead atoms. The van der Waals surface area contributed by atoms with Gasteiger partial charge in [0.25, 0.3) is 0 Å². The number of aliphatic carboxylic acids is 1. The van der Waals surface area contributed by atoms with Crippen LogP contribution < -0.4 is 15.4 Å². The molecule has 0 radical (unpaired) electrons. The van der Waals surface area contributed by atoms with Crippen molar-refractivity contribution >= 4 is 23.4 Å². The number of benzene rings is 2. The first-order chi connectivity index (χ1) is 13.2. The van der Waals surface area contributed by atoms with Gasteiger partial charge >= 0.3 is 18.2 Å². The maximum atomic E-state index is 13.3. The van der Waals surface area contributed by atoms with Gasteiger partial charge in [0.1, 0.15) is 5.75 Å². The number of urea groups is 1. The molecule has 0 fully saturated rings. The fraction of sp³-hybridized carbons (Fsp3) is 0.263. The van der Waals surface area contributed by atoms with Gasteiger partial charge in [0.05, 0.1) is 17.9 Å². The minimum Gasteiger partial charge on any atom is -0.494 e. The Hall–Kier alpha value is -3.23. The number of ether oxygens (including phenoxy) is 1. The van der Waals surface area contributed by atoms with Crippen molar-refractivity contribution in [2.24, 2.45) is 0 Å². The maximum absolute atomic E-state index is 13.3. The van der Waals surface area contributed by atoms with Gasteiger partial charge in [-0.05, 0) is 49.2 Å². The Kier molecular flexibility index (Phi) is 6.86. The minimum absolute atomic E-state index is 0.0481. The quantitative estimate of drug-likeness (QED) is 0.629. The van der Waals surface area contributed by atoms with E-state index >= 15 is 0 Å². The largest absolute Gasteiger partial charge is 0.494 e. The van der Waals surface area contributed by atoms with Crippen LogP contribution in [0.2, 0.25) is 0 Å². The molecule has 9 heteroatoms. The molecule has 0 aliphatic heterocycles. The predicted octanol–water partition coefficient (Wildman–Crippen LogP) is 4.77. The van der Waals surface area contributed by atoms with E-state index in [4.69, 9.17) is 9.84 Å². The maximum Gasteiger partial charge on any atom is 0.418 e. The Morgan fingerprint density at radius 1 is 1.11 bits per heavy atom. The van der Waals surface area contributed by atoms with Gasteiger partial charge in [-0.15, -0.1) is 0 Å². The second-order valence-corrected chi connectivity index (χ2v) is 5.81. The highest BCUT2D eigenvalue weighted by molar-refractivity contribution is 6.00. The van der Waals surface area contributed by atoms with E-state index in [-0.39, 0.29) is 25.2 Å². The summed E-state index contributed by atoms with van der Waals surface area (Å²) in [6.45, 7) is 1.86. The number of rotatable bonds is 7. The van der Waals surface area contributed by atoms with E-state index in [0.717, 1.165) is 12.1 Å². The number of anilines is 2. The van der Waals surface area contributed by atoms with E-state index in [9.17, 15) is 22.8 Å². The van der Waals surface area contributed by atoms with Gasteiger partial charge in [-0.1, -0.05) is 12.1 Å². The molecule has 0 saturated heterocycles. The van der Waals surface area contributed by atoms with Crippen LogP contribution in [0.4, 0.5) is 29.3 Å². The number of hydrogen-bond acceptors (Lipinski definition) is 3. The Labute approximate surface area is 159 Å². The lowest BCUT2D eigenvalue weighted by Crippen LogP contribution is -2.22. The van der Waals surface area contributed by atoms with Gasteiger partial charge in [0.15, 0.2) is 0 Å². The molecule has 2 aromatic carbocycles. The van der Waals surface area contributed by atoms with E-state index in [2.05, 4.69) is 10.6 Å². The molecular weight excluding hydrogens is 377 g/mol. The number of carbonyl (C=O) groups excluding carboxylic acids is 1. The van der Waals surface area contributed by atoms with Gasteiger partial charge in [-0.2, -0.15) is 13.2 Å². The molecule has 0 aromatic heterocycles. The van der Waals surface area contributed by atoms with E-state index in [0.29, 0.717) is 11.3 Å². The van der Waals surface area contributed by atoms with Crippen molar-refractivity contribution in [1.29, 1.82) is 0 Å². The van der Waals surface area contributed by atoms with Gasteiger partial charge < -0.3 is 20.5 Å². The van der Waals surface area contributed by atoms with Crippen LogP contribution in [-0.4, -0.2) is 23.7 Å². The highest BCUT2D eigenvalue weighted by Crippen LogP contribution is 2.37. The average molecular weight is 396 g/mol. The Balaban J connectivity index is 2.12. The molecular formula is C19H19F3N2O4. The summed E-state index contributed by atoms with van der Waals surface area (Å²) in [4.78, 5) is 22.8. The van der Waals surface area contributed by atoms with Crippen LogP contribution >= 0.6 is 0 Å². The van der Waals surface area contributed by atoms with Gasteiger partial charge in [0.2, 0.25) is 0 Å². The van der Waals surface area contributed by atoms with Crippen LogP contribution in [0.1, 0.15) is 24.5 Å². The van der Waals surface area contributed by atoms with E-state index in [1.54, 1.807) is 31.2 Å². The van der Waals surface area contributed by atoms with Crippen molar-refractivity contribution in [3.63, 3.8) is 0 Å². The summed E-state index contributed by atoms with van der Waals surface area (Å²) >= 11 is 0. The molecule has 2 amide bonds. The van der Waals surface area contributed by atoms with Gasteiger partial charge in [0, 0.05) is 12.1 Å². The number of aryl methyl sites for hydroxylation is 1. The average Bonchev–Trinajstić information content (AvgIpc) is 2.61. The van der Waals surface area contributed by atoms with Crippen molar-refractivity contribution in [2.45, 2.75) is 25.9 Å². The van der Waals surface area contributed by atoms with Gasteiger partial charge in [-0.25, -0.2) is 4.79 Å². The molecule has 6 nitrogen and oxygen atoms in total. The van der Waals surface area contributed by atoms with E-state index in [1.165, 1.54) is 6.07 Å². The van der Waals surface area contributed by atoms with Crippen molar-refractivity contribution in [1.82, 2.24) is 0 Å². The Bertz CT molecular complexity index is 853. The van der Waals surface area contributed by atoms with Gasteiger partial charge in [-0.3, -0.25) is 4.79 Å². The number of amides is 2. The van der Waals surface area contributed by atoms with Crippen LogP contribution in [0, 0.1) is 0 Å². The molecule has 3 N–H and O–H groups in total. The third-order valence-corrected chi connectivity index (χ3v) is 3.67. The lowest BCUT2D eigenvalue weighted by Gasteiger charge is -2.16. The van der Waals surface area contributed by atoms with Crippen molar-refractivity contribution in [3.05, 3.63) is 53.6 Å². The number of halogens is 3. The minimum atomic E-state index is -4.67. The lowest BCUT2D eigenvalue weighted by molar-refractivity contribution is -0.137. The Morgan fingerprint density at radius 2 is 1.86 bits per heavy atom. The fourth-order valence-corrected chi connectivity index (χ4v) is 2.46. The lowest BCUT2D eigenvalue weighted by atomic mass is 10.1. The first-order valence-corrected chi connectivity index (χ1v) is 8.42. The SMILES string of the molecule is CCOc1ccc(NC(=O)Nc2cccc(CCC(=O)O)c2)c(C(F)(F)F)c1. The van der Waals surface area contributed by atoms with Crippen molar-refractivity contribution in [2.75, 3.05) is 17.2 Å². The van der Waals surface area contributed by atoms with Crippen molar-refractivity contribution < 1.29 is 32.6 Å². The molecule has 28 heavy (non-hydrogen) atoms. The smallest absolute Gasteiger partial charge is 0.418 e. The number of nitrogens with one attached hydrogen (secondary N) is 2. The second-order valence-electron chi connectivity index (χ2n) is 5.81. The standard InChI is InChI=1S/C19H19F3N2O4/c1-2-28-14-7-8-16(15(11-14)19(20,21)22)24-18(27)23-13-5-3-4-12(10-13)6-9-17(25)26/h3-5,7-8,10-11H,2,6,9H2,1H3,(H,25,26)(H2,23,24,27). The van der Waals surface area contributed by atoms with Crippen LogP contribution in [-0.2, 0) is 17.4 Å². The summed E-state index contributed by atoms with van der Waals surface area (Å²) in [5, 5.41) is 13.3. The topological polar surface area (TPSA) is 87.7 Å². The van der Waals surface area contributed by atoms with Crippen LogP contribution in [0.15, 0.2) is 42.5 Å². The number of carbonyl (C=O) groups is 2. The van der Waals surface area contributed by atoms with E-state index < -0.39 is 29.4 Å². The second kappa shape index (κ2) is 9.12. The number of hydrogen-bond donors (Lipinski definition) is 3. The summed E-state index contributed by atoms with van der Waals surface area (Å²) in [5.74, 6) is -0.904. The van der Waals surface area contributed by atoms with Crippen LogP contribution in [0.25, 0.3) is 0 Å². The molecule has 0 aliphatic carbocycles. The zero-order valence-corrected chi connectivity index (χ0v) is 15.0. The monoisotopic (exact) mass is 396 g/mol. The zero-order valence-electron chi connectivity index (χ0n) is 15.0. The molecule has 0 unspecified atom stereocenters. The number of alkyl halides is 3. The first kappa shape index (κ1) is 21.1. The highest BCUT2D eigenvalue weighted by atomic mass is 19.4. The molecule has 2 rings (SSSR count). The zero-order chi connectivity index (χ0) is 20.7. The normalized spacial score (nSPS) is 11.0. The summed E-state index contributed by atoms with van der Waals surface area (Å²) in [6, 6.07) is 8.84. The summed E-state index contributed by atoms with van der Waals surface area (Å²) < 4.78 is 44.9. The summed E-state index contributed by atoms with van der Waals surface area (Å²) in [7, 11) is 0. The molecule has 0 saturated carbocycles. The fourth-order valence-electron chi connectivity index (χ4n) is 2.46. The van der Waals surface area contributed by atoms with Crippen molar-refractivity contribution in [3.8, 4) is 5.75 Å².